The second-order valence-corrected chi connectivity index (χ2v) is 5.20. The van der Waals surface area contributed by atoms with E-state index >= 15 is 0 Å². The summed E-state index contributed by atoms with van der Waals surface area (Å²) in [6, 6.07) is 14.8. The van der Waals surface area contributed by atoms with Crippen LogP contribution in [0.2, 0.25) is 0 Å². The number of hydrogen-bond donors (Lipinski definition) is 1. The second-order valence-electron chi connectivity index (χ2n) is 4.32. The first-order chi connectivity index (χ1) is 9.63. The lowest BCUT2D eigenvalue weighted by atomic mass is 10.1. The summed E-state index contributed by atoms with van der Waals surface area (Å²) in [5.41, 5.74) is 1.17. The number of aliphatic hydroxyl groups is 1. The van der Waals surface area contributed by atoms with Crippen LogP contribution in [-0.2, 0) is 0 Å². The molecule has 0 aliphatic heterocycles. The van der Waals surface area contributed by atoms with Crippen molar-refractivity contribution in [2.75, 3.05) is 6.26 Å². The largest absolute Gasteiger partial charge is 0.457 e. The zero-order chi connectivity index (χ0) is 14.5. The van der Waals surface area contributed by atoms with E-state index in [1.807, 2.05) is 30.5 Å². The van der Waals surface area contributed by atoms with Gasteiger partial charge in [0.2, 0.25) is 0 Å². The van der Waals surface area contributed by atoms with Crippen LogP contribution in [0.3, 0.4) is 0 Å². The molecule has 2 aromatic rings. The first kappa shape index (κ1) is 14.4. The van der Waals surface area contributed by atoms with E-state index in [1.54, 1.807) is 36.9 Å². The van der Waals surface area contributed by atoms with Gasteiger partial charge in [0.25, 0.3) is 0 Å². The maximum Gasteiger partial charge on any atom is 0.134 e. The fraction of sp³-hybridized carbons (Fsp3) is 0.188. The van der Waals surface area contributed by atoms with Crippen LogP contribution < -0.4 is 4.74 Å². The Kier molecular flexibility index (Phi) is 4.67. The lowest BCUT2D eigenvalue weighted by Gasteiger charge is -2.13. The molecule has 102 valence electrons. The van der Waals surface area contributed by atoms with E-state index in [9.17, 15) is 5.11 Å². The smallest absolute Gasteiger partial charge is 0.134 e. The number of thioether (sulfide) groups is 1. The zero-order valence-electron chi connectivity index (χ0n) is 11.3. The number of nitrogens with zero attached hydrogens (tertiary/aromatic N) is 1. The van der Waals surface area contributed by atoms with Crippen molar-refractivity contribution in [3.63, 3.8) is 0 Å². The predicted molar refractivity (Wildman–Crippen MR) is 80.1 cm³/mol. The third-order valence-electron chi connectivity index (χ3n) is 2.88. The van der Waals surface area contributed by atoms with Gasteiger partial charge in [0.05, 0.1) is 17.7 Å². The third-order valence-corrected chi connectivity index (χ3v) is 3.62. The van der Waals surface area contributed by atoms with E-state index in [1.165, 1.54) is 0 Å². The molecule has 0 fully saturated rings. The van der Waals surface area contributed by atoms with Crippen molar-refractivity contribution in [3.8, 4) is 17.6 Å². The van der Waals surface area contributed by atoms with Crippen LogP contribution in [0, 0.1) is 11.3 Å². The SMILES string of the molecule is CSc1ccc(Oc2cc(C#N)ccc2[C@H](C)O)cc1. The lowest BCUT2D eigenvalue weighted by Crippen LogP contribution is -1.97. The number of rotatable bonds is 4. The van der Waals surface area contributed by atoms with Gasteiger partial charge in [-0.2, -0.15) is 5.26 Å². The van der Waals surface area contributed by atoms with Gasteiger partial charge in [0.15, 0.2) is 0 Å². The fourth-order valence-corrected chi connectivity index (χ4v) is 2.22. The third kappa shape index (κ3) is 3.32. The first-order valence-corrected chi connectivity index (χ1v) is 7.40. The molecular weight excluding hydrogens is 270 g/mol. The van der Waals surface area contributed by atoms with E-state index in [2.05, 4.69) is 6.07 Å². The number of ether oxygens (including phenoxy) is 1. The van der Waals surface area contributed by atoms with E-state index in [4.69, 9.17) is 10.00 Å². The Morgan fingerprint density at radius 3 is 2.45 bits per heavy atom. The standard InChI is InChI=1S/C16H15NO2S/c1-11(18)15-8-3-12(10-17)9-16(15)19-13-4-6-14(20-2)7-5-13/h3-9,11,18H,1-2H3/t11-/m0/s1. The highest BCUT2D eigenvalue weighted by atomic mass is 32.2. The molecule has 1 atom stereocenters. The molecule has 0 heterocycles. The molecule has 0 spiro atoms. The molecule has 0 amide bonds. The molecule has 0 bridgehead atoms. The van der Waals surface area contributed by atoms with E-state index in [0.29, 0.717) is 22.6 Å². The van der Waals surface area contributed by atoms with Gasteiger partial charge in [-0.05, 0) is 49.6 Å². The molecule has 0 aliphatic rings. The van der Waals surface area contributed by atoms with Gasteiger partial charge in [0, 0.05) is 10.5 Å². The van der Waals surface area contributed by atoms with Gasteiger partial charge in [0.1, 0.15) is 11.5 Å². The number of nitriles is 1. The average molecular weight is 285 g/mol. The topological polar surface area (TPSA) is 53.2 Å². The molecule has 0 saturated heterocycles. The Bertz CT molecular complexity index is 630. The Labute approximate surface area is 122 Å². The minimum atomic E-state index is -0.650. The highest BCUT2D eigenvalue weighted by molar-refractivity contribution is 7.98. The summed E-state index contributed by atoms with van der Waals surface area (Å²) < 4.78 is 5.79. The Hall–Kier alpha value is -1.96. The Morgan fingerprint density at radius 1 is 1.20 bits per heavy atom. The summed E-state index contributed by atoms with van der Waals surface area (Å²) in [4.78, 5) is 1.15. The van der Waals surface area contributed by atoms with Crippen molar-refractivity contribution in [1.29, 1.82) is 5.26 Å². The summed E-state index contributed by atoms with van der Waals surface area (Å²) in [5, 5.41) is 18.7. The molecule has 2 rings (SSSR count). The molecule has 0 radical (unpaired) electrons. The van der Waals surface area contributed by atoms with E-state index < -0.39 is 6.10 Å². The molecule has 0 unspecified atom stereocenters. The quantitative estimate of drug-likeness (QED) is 0.858. The minimum Gasteiger partial charge on any atom is -0.457 e. The van der Waals surface area contributed by atoms with Crippen LogP contribution in [0.25, 0.3) is 0 Å². The summed E-state index contributed by atoms with van der Waals surface area (Å²) in [6.45, 7) is 1.67. The van der Waals surface area contributed by atoms with Crippen molar-refractivity contribution in [2.24, 2.45) is 0 Å². The van der Waals surface area contributed by atoms with Gasteiger partial charge in [-0.1, -0.05) is 6.07 Å². The average Bonchev–Trinajstić information content (AvgIpc) is 2.47. The van der Waals surface area contributed by atoms with Crippen molar-refractivity contribution in [3.05, 3.63) is 53.6 Å². The van der Waals surface area contributed by atoms with Crippen LogP contribution in [0.15, 0.2) is 47.4 Å². The molecule has 0 saturated carbocycles. The van der Waals surface area contributed by atoms with Crippen molar-refractivity contribution < 1.29 is 9.84 Å². The molecular formula is C16H15NO2S. The number of benzene rings is 2. The van der Waals surface area contributed by atoms with E-state index in [0.717, 1.165) is 4.90 Å². The Balaban J connectivity index is 2.33. The van der Waals surface area contributed by atoms with Crippen LogP contribution >= 0.6 is 11.8 Å². The fourth-order valence-electron chi connectivity index (χ4n) is 1.81. The normalized spacial score (nSPS) is 11.7. The monoisotopic (exact) mass is 285 g/mol. The summed E-state index contributed by atoms with van der Waals surface area (Å²) >= 11 is 1.66. The molecule has 20 heavy (non-hydrogen) atoms. The molecule has 1 N–H and O–H groups in total. The summed E-state index contributed by atoms with van der Waals surface area (Å²) in [6.07, 6.45) is 1.36. The van der Waals surface area contributed by atoms with Crippen molar-refractivity contribution in [1.82, 2.24) is 0 Å². The highest BCUT2D eigenvalue weighted by Gasteiger charge is 2.11. The molecule has 2 aromatic carbocycles. The zero-order valence-corrected chi connectivity index (χ0v) is 12.1. The van der Waals surface area contributed by atoms with Crippen LogP contribution in [0.4, 0.5) is 0 Å². The molecule has 4 heteroatoms. The molecule has 3 nitrogen and oxygen atoms in total. The van der Waals surface area contributed by atoms with Gasteiger partial charge in [-0.25, -0.2) is 0 Å². The van der Waals surface area contributed by atoms with Gasteiger partial charge >= 0.3 is 0 Å². The maximum absolute atomic E-state index is 9.76. The molecule has 0 aliphatic carbocycles. The first-order valence-electron chi connectivity index (χ1n) is 6.18. The summed E-state index contributed by atoms with van der Waals surface area (Å²) in [5.74, 6) is 1.19. The maximum atomic E-state index is 9.76. The van der Waals surface area contributed by atoms with Gasteiger partial charge < -0.3 is 9.84 Å². The van der Waals surface area contributed by atoms with Crippen LogP contribution in [-0.4, -0.2) is 11.4 Å². The number of hydrogen-bond acceptors (Lipinski definition) is 4. The second kappa shape index (κ2) is 6.47. The van der Waals surface area contributed by atoms with Crippen molar-refractivity contribution in [2.45, 2.75) is 17.9 Å². The van der Waals surface area contributed by atoms with Crippen LogP contribution in [0.5, 0.6) is 11.5 Å². The van der Waals surface area contributed by atoms with Crippen molar-refractivity contribution >= 4 is 11.8 Å². The number of aliphatic hydroxyl groups excluding tert-OH is 1. The van der Waals surface area contributed by atoms with Gasteiger partial charge in [-0.3, -0.25) is 0 Å². The highest BCUT2D eigenvalue weighted by Crippen LogP contribution is 2.31. The van der Waals surface area contributed by atoms with Gasteiger partial charge in [-0.15, -0.1) is 11.8 Å². The van der Waals surface area contributed by atoms with Crippen LogP contribution in [0.1, 0.15) is 24.2 Å². The van der Waals surface area contributed by atoms with E-state index in [-0.39, 0.29) is 0 Å². The molecule has 0 aromatic heterocycles. The predicted octanol–water partition coefficient (Wildman–Crippen LogP) is 4.13. The lowest BCUT2D eigenvalue weighted by molar-refractivity contribution is 0.195. The minimum absolute atomic E-state index is 0.505. The summed E-state index contributed by atoms with van der Waals surface area (Å²) in [7, 11) is 0. The Morgan fingerprint density at radius 2 is 1.90 bits per heavy atom.